The zero-order valence-corrected chi connectivity index (χ0v) is 14.2. The molecular formula is C14H18BrFN2O2S. The molecule has 0 unspecified atom stereocenters. The van der Waals surface area contributed by atoms with E-state index >= 15 is 0 Å². The number of hydrogen-bond donors (Lipinski definition) is 1. The van der Waals surface area contributed by atoms with Crippen LogP contribution in [0.5, 0.6) is 0 Å². The van der Waals surface area contributed by atoms with Gasteiger partial charge in [0.1, 0.15) is 10.7 Å². The van der Waals surface area contributed by atoms with Crippen molar-refractivity contribution in [1.29, 1.82) is 0 Å². The standard InChI is InChI=1S/C14H18BrFN2O2S/c1-4-6-18(7-5-2)21(19,20)13-9-12(15)8-11(10-17-3)14(13)16/h4-5,8-9,17H,1-2,6-7,10H2,3H3. The smallest absolute Gasteiger partial charge is 0.246 e. The summed E-state index contributed by atoms with van der Waals surface area (Å²) in [5, 5.41) is 2.81. The van der Waals surface area contributed by atoms with Gasteiger partial charge in [-0.05, 0) is 19.2 Å². The van der Waals surface area contributed by atoms with Crippen molar-refractivity contribution in [3.63, 3.8) is 0 Å². The van der Waals surface area contributed by atoms with E-state index in [4.69, 9.17) is 0 Å². The van der Waals surface area contributed by atoms with Gasteiger partial charge in [0.15, 0.2) is 0 Å². The highest BCUT2D eigenvalue weighted by Crippen LogP contribution is 2.26. The Labute approximate surface area is 133 Å². The summed E-state index contributed by atoms with van der Waals surface area (Å²) in [5.41, 5.74) is 0.280. The summed E-state index contributed by atoms with van der Waals surface area (Å²) in [5.74, 6) is -0.745. The molecule has 7 heteroatoms. The second-order valence-corrected chi connectivity index (χ2v) is 7.13. The van der Waals surface area contributed by atoms with Crippen molar-refractivity contribution in [3.8, 4) is 0 Å². The van der Waals surface area contributed by atoms with Crippen LogP contribution in [0, 0.1) is 5.82 Å². The molecule has 0 spiro atoms. The fourth-order valence-electron chi connectivity index (χ4n) is 1.82. The van der Waals surface area contributed by atoms with Gasteiger partial charge in [0.2, 0.25) is 10.0 Å². The highest BCUT2D eigenvalue weighted by Gasteiger charge is 2.27. The molecule has 0 amide bonds. The quantitative estimate of drug-likeness (QED) is 0.709. The van der Waals surface area contributed by atoms with E-state index in [-0.39, 0.29) is 30.1 Å². The summed E-state index contributed by atoms with van der Waals surface area (Å²) in [6, 6.07) is 2.82. The average Bonchev–Trinajstić information content (AvgIpc) is 2.42. The largest absolute Gasteiger partial charge is 0.316 e. The van der Waals surface area contributed by atoms with E-state index in [0.717, 1.165) is 4.31 Å². The van der Waals surface area contributed by atoms with Gasteiger partial charge in [-0.1, -0.05) is 28.1 Å². The van der Waals surface area contributed by atoms with Crippen LogP contribution < -0.4 is 5.32 Å². The van der Waals surface area contributed by atoms with Gasteiger partial charge in [0.05, 0.1) is 0 Å². The average molecular weight is 377 g/mol. The van der Waals surface area contributed by atoms with E-state index in [1.165, 1.54) is 18.2 Å². The van der Waals surface area contributed by atoms with Crippen molar-refractivity contribution >= 4 is 26.0 Å². The summed E-state index contributed by atoms with van der Waals surface area (Å²) in [7, 11) is -2.30. The fourth-order valence-corrected chi connectivity index (χ4v) is 3.99. The zero-order chi connectivity index (χ0) is 16.0. The number of sulfonamides is 1. The summed E-state index contributed by atoms with van der Waals surface area (Å²) >= 11 is 3.22. The van der Waals surface area contributed by atoms with Crippen LogP contribution in [0.2, 0.25) is 0 Å². The Morgan fingerprint density at radius 2 is 1.90 bits per heavy atom. The van der Waals surface area contributed by atoms with E-state index in [2.05, 4.69) is 34.4 Å². The van der Waals surface area contributed by atoms with E-state index in [1.54, 1.807) is 13.1 Å². The van der Waals surface area contributed by atoms with E-state index in [0.29, 0.717) is 4.47 Å². The van der Waals surface area contributed by atoms with E-state index in [9.17, 15) is 12.8 Å². The Bertz CT molecular complexity index is 622. The van der Waals surface area contributed by atoms with Gasteiger partial charge < -0.3 is 5.32 Å². The van der Waals surface area contributed by atoms with Gasteiger partial charge in [0, 0.05) is 29.7 Å². The number of hydrogen-bond acceptors (Lipinski definition) is 3. The fraction of sp³-hybridized carbons (Fsp3) is 0.286. The third kappa shape index (κ3) is 4.23. The molecule has 1 aromatic rings. The first-order valence-corrected chi connectivity index (χ1v) is 8.46. The number of benzene rings is 1. The molecule has 0 fully saturated rings. The molecule has 21 heavy (non-hydrogen) atoms. The molecule has 1 rings (SSSR count). The predicted octanol–water partition coefficient (Wildman–Crippen LogP) is 2.67. The summed E-state index contributed by atoms with van der Waals surface area (Å²) in [6.45, 7) is 7.45. The van der Waals surface area contributed by atoms with Crippen LogP contribution in [0.3, 0.4) is 0 Å². The lowest BCUT2D eigenvalue weighted by Crippen LogP contribution is -2.32. The Balaban J connectivity index is 3.41. The van der Waals surface area contributed by atoms with Gasteiger partial charge in [0.25, 0.3) is 0 Å². The maximum Gasteiger partial charge on any atom is 0.246 e. The summed E-state index contributed by atoms with van der Waals surface area (Å²) in [4.78, 5) is -0.356. The van der Waals surface area contributed by atoms with Crippen LogP contribution in [0.25, 0.3) is 0 Å². The van der Waals surface area contributed by atoms with Crippen LogP contribution in [0.15, 0.2) is 46.8 Å². The second kappa shape index (κ2) is 7.84. The highest BCUT2D eigenvalue weighted by atomic mass is 79.9. The zero-order valence-electron chi connectivity index (χ0n) is 11.8. The van der Waals surface area contributed by atoms with Gasteiger partial charge in [-0.3, -0.25) is 0 Å². The third-order valence-electron chi connectivity index (χ3n) is 2.73. The highest BCUT2D eigenvalue weighted by molar-refractivity contribution is 9.10. The molecule has 116 valence electrons. The molecule has 0 saturated carbocycles. The van der Waals surface area contributed by atoms with Gasteiger partial charge >= 0.3 is 0 Å². The van der Waals surface area contributed by atoms with Crippen LogP contribution in [0.1, 0.15) is 5.56 Å². The van der Waals surface area contributed by atoms with Crippen molar-refractivity contribution < 1.29 is 12.8 Å². The third-order valence-corrected chi connectivity index (χ3v) is 5.02. The molecular weight excluding hydrogens is 359 g/mol. The van der Waals surface area contributed by atoms with Crippen LogP contribution in [-0.2, 0) is 16.6 Å². The molecule has 0 radical (unpaired) electrons. The maximum absolute atomic E-state index is 14.5. The first-order chi connectivity index (χ1) is 9.88. The Morgan fingerprint density at radius 3 is 2.38 bits per heavy atom. The van der Waals surface area contributed by atoms with E-state index in [1.807, 2.05) is 0 Å². The minimum Gasteiger partial charge on any atom is -0.316 e. The molecule has 0 atom stereocenters. The Hall–Kier alpha value is -1.02. The van der Waals surface area contributed by atoms with Crippen molar-refractivity contribution in [3.05, 3.63) is 53.3 Å². The Morgan fingerprint density at radius 1 is 1.33 bits per heavy atom. The van der Waals surface area contributed by atoms with Gasteiger partial charge in [-0.2, -0.15) is 4.31 Å². The van der Waals surface area contributed by atoms with Crippen LogP contribution >= 0.6 is 15.9 Å². The number of nitrogens with zero attached hydrogens (tertiary/aromatic N) is 1. The van der Waals surface area contributed by atoms with Crippen molar-refractivity contribution in [1.82, 2.24) is 9.62 Å². The minimum atomic E-state index is -3.96. The first kappa shape index (κ1) is 18.0. The molecule has 0 saturated heterocycles. The predicted molar refractivity (Wildman–Crippen MR) is 86.0 cm³/mol. The van der Waals surface area contributed by atoms with Crippen molar-refractivity contribution in [2.45, 2.75) is 11.4 Å². The molecule has 1 aromatic carbocycles. The summed E-state index contributed by atoms with van der Waals surface area (Å²) < 4.78 is 41.3. The summed E-state index contributed by atoms with van der Waals surface area (Å²) in [6.07, 6.45) is 2.90. The number of halogens is 2. The molecule has 1 N–H and O–H groups in total. The van der Waals surface area contributed by atoms with Crippen molar-refractivity contribution in [2.24, 2.45) is 0 Å². The maximum atomic E-state index is 14.5. The normalized spacial score (nSPS) is 11.6. The Kier molecular flexibility index (Phi) is 6.73. The van der Waals surface area contributed by atoms with Gasteiger partial charge in [-0.15, -0.1) is 13.2 Å². The SMILES string of the molecule is C=CCN(CC=C)S(=O)(=O)c1cc(Br)cc(CNC)c1F. The van der Waals surface area contributed by atoms with E-state index < -0.39 is 15.8 Å². The van der Waals surface area contributed by atoms with Crippen LogP contribution in [-0.4, -0.2) is 32.9 Å². The molecule has 4 nitrogen and oxygen atoms in total. The molecule has 0 bridgehead atoms. The molecule has 0 aliphatic heterocycles. The lowest BCUT2D eigenvalue weighted by molar-refractivity contribution is 0.465. The van der Waals surface area contributed by atoms with Crippen molar-refractivity contribution in [2.75, 3.05) is 20.1 Å². The molecule has 0 aliphatic carbocycles. The first-order valence-electron chi connectivity index (χ1n) is 6.23. The minimum absolute atomic E-state index is 0.0850. The lowest BCUT2D eigenvalue weighted by atomic mass is 10.2. The monoisotopic (exact) mass is 376 g/mol. The number of nitrogens with one attached hydrogen (secondary N) is 1. The van der Waals surface area contributed by atoms with Gasteiger partial charge in [-0.25, -0.2) is 12.8 Å². The van der Waals surface area contributed by atoms with Crippen LogP contribution in [0.4, 0.5) is 4.39 Å². The lowest BCUT2D eigenvalue weighted by Gasteiger charge is -2.20. The molecule has 0 aliphatic rings. The topological polar surface area (TPSA) is 49.4 Å². The molecule has 0 heterocycles. The molecule has 0 aromatic heterocycles. The second-order valence-electron chi connectivity index (χ2n) is 4.31. The number of rotatable bonds is 8.